The highest BCUT2D eigenvalue weighted by Crippen LogP contribution is 2.35. The number of nitrogens with one attached hydrogen (secondary N) is 1. The van der Waals surface area contributed by atoms with E-state index in [0.29, 0.717) is 12.8 Å². The average Bonchev–Trinajstić information content (AvgIpc) is 3.22. The SMILES string of the molecule is O=C(CCCN1C(=O)NC2(CCCC2)C1=O)OCC(=O)c1ccc(F)c(F)c1. The molecular weight excluding hydrogens is 374 g/mol. The number of carbonyl (C=O) groups excluding carboxylic acids is 4. The number of rotatable bonds is 7. The van der Waals surface area contributed by atoms with Crippen LogP contribution in [0.3, 0.4) is 0 Å². The van der Waals surface area contributed by atoms with Gasteiger partial charge in [-0.1, -0.05) is 12.8 Å². The molecule has 3 rings (SSSR count). The lowest BCUT2D eigenvalue weighted by atomic mass is 9.98. The molecule has 2 aliphatic rings. The van der Waals surface area contributed by atoms with Gasteiger partial charge >= 0.3 is 12.0 Å². The van der Waals surface area contributed by atoms with Crippen molar-refractivity contribution in [3.63, 3.8) is 0 Å². The number of ether oxygens (including phenoxy) is 1. The fraction of sp³-hybridized carbons (Fsp3) is 0.474. The van der Waals surface area contributed by atoms with Crippen molar-refractivity contribution in [1.29, 1.82) is 0 Å². The Morgan fingerprint density at radius 1 is 1.14 bits per heavy atom. The lowest BCUT2D eigenvalue weighted by Crippen LogP contribution is -2.44. The average molecular weight is 394 g/mol. The molecular formula is C19H20F2N2O5. The number of amides is 3. The number of Topliss-reactive ketones (excluding diaryl/α,β-unsaturated/α-hetero) is 1. The molecule has 2 fully saturated rings. The highest BCUT2D eigenvalue weighted by molar-refractivity contribution is 6.07. The smallest absolute Gasteiger partial charge is 0.325 e. The second-order valence-corrected chi connectivity index (χ2v) is 6.99. The second-order valence-electron chi connectivity index (χ2n) is 6.99. The van der Waals surface area contributed by atoms with Crippen molar-refractivity contribution in [1.82, 2.24) is 10.2 Å². The van der Waals surface area contributed by atoms with Gasteiger partial charge < -0.3 is 10.1 Å². The summed E-state index contributed by atoms with van der Waals surface area (Å²) >= 11 is 0. The summed E-state index contributed by atoms with van der Waals surface area (Å²) in [4.78, 5) is 49.2. The van der Waals surface area contributed by atoms with Crippen molar-refractivity contribution >= 4 is 23.7 Å². The molecule has 0 bridgehead atoms. The molecule has 1 aliphatic carbocycles. The standard InChI is InChI=1S/C19H20F2N2O5/c20-13-6-5-12(10-14(13)21)15(24)11-28-16(25)4-3-9-23-17(26)19(22-18(23)27)7-1-2-8-19/h5-6,10H,1-4,7-9,11H2,(H,22,27). The molecule has 1 heterocycles. The first kappa shape index (κ1) is 19.9. The van der Waals surface area contributed by atoms with Crippen molar-refractivity contribution in [2.45, 2.75) is 44.1 Å². The van der Waals surface area contributed by atoms with E-state index >= 15 is 0 Å². The number of hydrogen-bond acceptors (Lipinski definition) is 5. The Balaban J connectivity index is 1.42. The summed E-state index contributed by atoms with van der Waals surface area (Å²) in [5.74, 6) is -3.83. The molecule has 0 atom stereocenters. The van der Waals surface area contributed by atoms with Crippen molar-refractivity contribution in [3.8, 4) is 0 Å². The third-order valence-electron chi connectivity index (χ3n) is 5.07. The van der Waals surface area contributed by atoms with Gasteiger partial charge in [0.15, 0.2) is 24.0 Å². The zero-order chi connectivity index (χ0) is 20.3. The third kappa shape index (κ3) is 4.02. The number of nitrogens with zero attached hydrogens (tertiary/aromatic N) is 1. The van der Waals surface area contributed by atoms with Crippen molar-refractivity contribution in [2.75, 3.05) is 13.2 Å². The summed E-state index contributed by atoms with van der Waals surface area (Å²) in [6, 6.07) is 2.21. The van der Waals surface area contributed by atoms with Gasteiger partial charge in [-0.15, -0.1) is 0 Å². The topological polar surface area (TPSA) is 92.8 Å². The van der Waals surface area contributed by atoms with Crippen LogP contribution >= 0.6 is 0 Å². The van der Waals surface area contributed by atoms with Crippen LogP contribution in [0.5, 0.6) is 0 Å². The molecule has 0 aromatic heterocycles. The fourth-order valence-corrected chi connectivity index (χ4v) is 3.55. The molecule has 9 heteroatoms. The van der Waals surface area contributed by atoms with Crippen LogP contribution in [0.15, 0.2) is 18.2 Å². The van der Waals surface area contributed by atoms with Crippen LogP contribution in [0.4, 0.5) is 13.6 Å². The number of ketones is 1. The lowest BCUT2D eigenvalue weighted by Gasteiger charge is -2.19. The second kappa shape index (κ2) is 8.04. The maximum absolute atomic E-state index is 13.1. The Morgan fingerprint density at radius 2 is 1.86 bits per heavy atom. The molecule has 1 saturated heterocycles. The Kier molecular flexibility index (Phi) is 5.71. The van der Waals surface area contributed by atoms with Crippen LogP contribution in [0, 0.1) is 11.6 Å². The molecule has 1 N–H and O–H groups in total. The van der Waals surface area contributed by atoms with Gasteiger partial charge in [-0.2, -0.15) is 0 Å². The van der Waals surface area contributed by atoms with Gasteiger partial charge in [0.2, 0.25) is 0 Å². The number of urea groups is 1. The summed E-state index contributed by atoms with van der Waals surface area (Å²) in [5, 5.41) is 2.75. The van der Waals surface area contributed by atoms with Crippen LogP contribution < -0.4 is 5.32 Å². The number of hydrogen-bond donors (Lipinski definition) is 1. The number of carbonyl (C=O) groups is 4. The van der Waals surface area contributed by atoms with Crippen LogP contribution in [0.2, 0.25) is 0 Å². The maximum Gasteiger partial charge on any atom is 0.325 e. The van der Waals surface area contributed by atoms with Gasteiger partial charge in [0.25, 0.3) is 5.91 Å². The molecule has 1 spiro atoms. The minimum absolute atomic E-state index is 0.0820. The molecule has 7 nitrogen and oxygen atoms in total. The van der Waals surface area contributed by atoms with Gasteiger partial charge in [-0.3, -0.25) is 19.3 Å². The molecule has 1 saturated carbocycles. The zero-order valence-electron chi connectivity index (χ0n) is 15.1. The van der Waals surface area contributed by atoms with E-state index < -0.39 is 41.6 Å². The van der Waals surface area contributed by atoms with E-state index in [4.69, 9.17) is 4.74 Å². The summed E-state index contributed by atoms with van der Waals surface area (Å²) in [6.07, 6.45) is 3.14. The van der Waals surface area contributed by atoms with E-state index in [1.54, 1.807) is 0 Å². The lowest BCUT2D eigenvalue weighted by molar-refractivity contribution is -0.143. The molecule has 1 aliphatic heterocycles. The van der Waals surface area contributed by atoms with E-state index in [9.17, 15) is 28.0 Å². The number of imide groups is 1. The quantitative estimate of drug-likeness (QED) is 0.435. The Hall–Kier alpha value is -2.84. The molecule has 0 unspecified atom stereocenters. The predicted molar refractivity (Wildman–Crippen MR) is 92.3 cm³/mol. The molecule has 0 radical (unpaired) electrons. The molecule has 1 aromatic rings. The molecule has 150 valence electrons. The molecule has 1 aromatic carbocycles. The summed E-state index contributed by atoms with van der Waals surface area (Å²) in [7, 11) is 0. The van der Waals surface area contributed by atoms with Gasteiger partial charge in [-0.05, 0) is 37.5 Å². The van der Waals surface area contributed by atoms with Gasteiger partial charge in [0, 0.05) is 18.5 Å². The predicted octanol–water partition coefficient (Wildman–Crippen LogP) is 2.34. The number of esters is 1. The normalized spacial score (nSPS) is 17.9. The molecule has 28 heavy (non-hydrogen) atoms. The Morgan fingerprint density at radius 3 is 2.54 bits per heavy atom. The van der Waals surface area contributed by atoms with Gasteiger partial charge in [-0.25, -0.2) is 13.6 Å². The Bertz CT molecular complexity index is 821. The number of benzene rings is 1. The van der Waals surface area contributed by atoms with E-state index in [0.717, 1.165) is 35.9 Å². The van der Waals surface area contributed by atoms with Crippen LogP contribution in [0.25, 0.3) is 0 Å². The summed E-state index contributed by atoms with van der Waals surface area (Å²) < 4.78 is 30.8. The van der Waals surface area contributed by atoms with Crippen molar-refractivity contribution in [2.24, 2.45) is 0 Å². The third-order valence-corrected chi connectivity index (χ3v) is 5.07. The fourth-order valence-electron chi connectivity index (χ4n) is 3.55. The largest absolute Gasteiger partial charge is 0.457 e. The summed E-state index contributed by atoms with van der Waals surface area (Å²) in [5.41, 5.74) is -0.887. The first-order valence-corrected chi connectivity index (χ1v) is 9.10. The van der Waals surface area contributed by atoms with Gasteiger partial charge in [0.1, 0.15) is 5.54 Å². The van der Waals surface area contributed by atoms with Crippen molar-refractivity contribution in [3.05, 3.63) is 35.4 Å². The highest BCUT2D eigenvalue weighted by atomic mass is 19.2. The monoisotopic (exact) mass is 394 g/mol. The van der Waals surface area contributed by atoms with E-state index in [1.165, 1.54) is 0 Å². The van der Waals surface area contributed by atoms with Crippen LogP contribution in [-0.4, -0.2) is 47.3 Å². The first-order valence-electron chi connectivity index (χ1n) is 9.10. The zero-order valence-corrected chi connectivity index (χ0v) is 15.1. The van der Waals surface area contributed by atoms with Crippen LogP contribution in [0.1, 0.15) is 48.9 Å². The van der Waals surface area contributed by atoms with Gasteiger partial charge in [0.05, 0.1) is 0 Å². The van der Waals surface area contributed by atoms with E-state index in [-0.39, 0.29) is 30.9 Å². The summed E-state index contributed by atoms with van der Waals surface area (Å²) in [6.45, 7) is -0.519. The van der Waals surface area contributed by atoms with Crippen LogP contribution in [-0.2, 0) is 14.3 Å². The first-order chi connectivity index (χ1) is 13.3. The van der Waals surface area contributed by atoms with Crippen molar-refractivity contribution < 1.29 is 32.7 Å². The number of halogens is 2. The minimum atomic E-state index is -1.16. The Labute approximate surface area is 160 Å². The van der Waals surface area contributed by atoms with E-state index in [2.05, 4.69) is 5.32 Å². The van der Waals surface area contributed by atoms with E-state index in [1.807, 2.05) is 0 Å². The highest BCUT2D eigenvalue weighted by Gasteiger charge is 2.52. The minimum Gasteiger partial charge on any atom is -0.457 e. The molecule has 3 amide bonds. The maximum atomic E-state index is 13.1.